The van der Waals surface area contributed by atoms with Gasteiger partial charge in [0.2, 0.25) is 0 Å². The topological polar surface area (TPSA) is 12.0 Å². The van der Waals surface area contributed by atoms with Crippen LogP contribution in [0.15, 0.2) is 64.5 Å². The largest absolute Gasteiger partial charge is 0.378 e. The van der Waals surface area contributed by atoms with Gasteiger partial charge in [-0.15, -0.1) is 11.3 Å². The molecule has 3 rings (SSSR count). The Balaban J connectivity index is 1.70. The summed E-state index contributed by atoms with van der Waals surface area (Å²) in [6.45, 7) is 0.621. The first-order valence-electron chi connectivity index (χ1n) is 6.54. The molecule has 0 saturated heterocycles. The van der Waals surface area contributed by atoms with Gasteiger partial charge in [-0.25, -0.2) is 4.39 Å². The second-order valence-electron chi connectivity index (χ2n) is 4.65. The van der Waals surface area contributed by atoms with Gasteiger partial charge in [0, 0.05) is 15.9 Å². The van der Waals surface area contributed by atoms with Crippen LogP contribution in [0.3, 0.4) is 0 Å². The van der Waals surface area contributed by atoms with Gasteiger partial charge >= 0.3 is 0 Å². The third-order valence-electron chi connectivity index (χ3n) is 3.15. The lowest BCUT2D eigenvalue weighted by Crippen LogP contribution is -1.99. The average Bonchev–Trinajstić information content (AvgIpc) is 2.96. The molecule has 0 aliphatic carbocycles. The number of rotatable bonds is 4. The third kappa shape index (κ3) is 3.52. The van der Waals surface area contributed by atoms with E-state index in [9.17, 15) is 4.39 Å². The maximum absolute atomic E-state index is 13.7. The average molecular weight is 362 g/mol. The Labute approximate surface area is 135 Å². The first-order chi connectivity index (χ1) is 10.2. The molecule has 0 amide bonds. The number of anilines is 1. The molecular formula is C17H13BrFNS. The summed E-state index contributed by atoms with van der Waals surface area (Å²) in [4.78, 5) is 1.18. The van der Waals surface area contributed by atoms with Crippen molar-refractivity contribution in [2.45, 2.75) is 6.54 Å². The molecule has 106 valence electrons. The maximum atomic E-state index is 13.7. The zero-order valence-electron chi connectivity index (χ0n) is 11.1. The van der Waals surface area contributed by atoms with Crippen LogP contribution in [-0.4, -0.2) is 0 Å². The maximum Gasteiger partial charge on any atom is 0.147 e. The molecule has 1 aromatic heterocycles. The van der Waals surface area contributed by atoms with E-state index >= 15 is 0 Å². The zero-order chi connectivity index (χ0) is 14.7. The second kappa shape index (κ2) is 6.41. The fraction of sp³-hybridized carbons (Fsp3) is 0.0588. The van der Waals surface area contributed by atoms with E-state index in [1.54, 1.807) is 17.4 Å². The highest BCUT2D eigenvalue weighted by Gasteiger charge is 2.05. The van der Waals surface area contributed by atoms with E-state index in [-0.39, 0.29) is 5.82 Å². The van der Waals surface area contributed by atoms with E-state index in [0.717, 1.165) is 4.47 Å². The highest BCUT2D eigenvalue weighted by Crippen LogP contribution is 2.26. The summed E-state index contributed by atoms with van der Waals surface area (Å²) in [6.07, 6.45) is 0. The Morgan fingerprint density at radius 2 is 1.81 bits per heavy atom. The number of hydrogen-bond acceptors (Lipinski definition) is 2. The molecular weight excluding hydrogens is 349 g/mol. The smallest absolute Gasteiger partial charge is 0.147 e. The molecule has 4 heteroatoms. The van der Waals surface area contributed by atoms with E-state index in [0.29, 0.717) is 12.2 Å². The second-order valence-corrected chi connectivity index (χ2v) is 6.56. The molecule has 0 saturated carbocycles. The Kier molecular flexibility index (Phi) is 4.36. The first kappa shape index (κ1) is 14.3. The molecule has 0 fully saturated rings. The Bertz CT molecular complexity index is 740. The lowest BCUT2D eigenvalue weighted by molar-refractivity contribution is 0.629. The number of halogens is 2. The van der Waals surface area contributed by atoms with Gasteiger partial charge in [0.05, 0.1) is 5.69 Å². The fourth-order valence-corrected chi connectivity index (χ4v) is 3.24. The van der Waals surface area contributed by atoms with E-state index in [1.807, 2.05) is 24.3 Å². The van der Waals surface area contributed by atoms with E-state index in [4.69, 9.17) is 0 Å². The van der Waals surface area contributed by atoms with Crippen molar-refractivity contribution < 1.29 is 4.39 Å². The molecule has 3 aromatic rings. The minimum atomic E-state index is -0.246. The van der Waals surface area contributed by atoms with E-state index in [2.05, 4.69) is 44.8 Å². The summed E-state index contributed by atoms with van der Waals surface area (Å²) in [5.41, 5.74) is 2.93. The van der Waals surface area contributed by atoms with Crippen LogP contribution in [0, 0.1) is 5.82 Å². The summed E-state index contributed by atoms with van der Waals surface area (Å²) in [5.74, 6) is -0.246. The zero-order valence-corrected chi connectivity index (χ0v) is 13.5. The van der Waals surface area contributed by atoms with Gasteiger partial charge < -0.3 is 5.32 Å². The van der Waals surface area contributed by atoms with Gasteiger partial charge in [0.1, 0.15) is 5.82 Å². The minimum Gasteiger partial charge on any atom is -0.378 e. The molecule has 0 bridgehead atoms. The fourth-order valence-electron chi connectivity index (χ4n) is 2.07. The molecule has 0 spiro atoms. The van der Waals surface area contributed by atoms with E-state index < -0.39 is 0 Å². The van der Waals surface area contributed by atoms with Gasteiger partial charge in [-0.3, -0.25) is 0 Å². The predicted molar refractivity (Wildman–Crippen MR) is 91.2 cm³/mol. The molecule has 1 N–H and O–H groups in total. The van der Waals surface area contributed by atoms with Crippen molar-refractivity contribution in [1.82, 2.24) is 0 Å². The van der Waals surface area contributed by atoms with Crippen LogP contribution in [0.2, 0.25) is 0 Å². The van der Waals surface area contributed by atoms with Gasteiger partial charge in [-0.2, -0.15) is 0 Å². The van der Waals surface area contributed by atoms with Crippen LogP contribution in [0.25, 0.3) is 11.1 Å². The van der Waals surface area contributed by atoms with Gasteiger partial charge in [0.15, 0.2) is 0 Å². The van der Waals surface area contributed by atoms with Crippen molar-refractivity contribution in [1.29, 1.82) is 0 Å². The lowest BCUT2D eigenvalue weighted by Gasteiger charge is -2.06. The minimum absolute atomic E-state index is 0.246. The van der Waals surface area contributed by atoms with Crippen LogP contribution >= 0.6 is 27.3 Å². The Morgan fingerprint density at radius 1 is 1.00 bits per heavy atom. The van der Waals surface area contributed by atoms with Crippen molar-refractivity contribution in [2.24, 2.45) is 0 Å². The van der Waals surface area contributed by atoms with Gasteiger partial charge in [0.25, 0.3) is 0 Å². The van der Waals surface area contributed by atoms with E-state index in [1.165, 1.54) is 22.1 Å². The lowest BCUT2D eigenvalue weighted by atomic mass is 10.1. The first-order valence-corrected chi connectivity index (χ1v) is 8.21. The van der Waals surface area contributed by atoms with Gasteiger partial charge in [-0.1, -0.05) is 46.3 Å². The summed E-state index contributed by atoms with van der Waals surface area (Å²) in [5, 5.41) is 5.27. The molecule has 2 aromatic carbocycles. The SMILES string of the molecule is Fc1cc(Br)ccc1NCc1cc(-c2ccccc2)cs1. The van der Waals surface area contributed by atoms with Crippen LogP contribution in [-0.2, 0) is 6.54 Å². The van der Waals surface area contributed by atoms with Crippen LogP contribution in [0.5, 0.6) is 0 Å². The highest BCUT2D eigenvalue weighted by atomic mass is 79.9. The van der Waals surface area contributed by atoms with Crippen LogP contribution in [0.4, 0.5) is 10.1 Å². The third-order valence-corrected chi connectivity index (χ3v) is 4.58. The van der Waals surface area contributed by atoms with Crippen molar-refractivity contribution in [3.8, 4) is 11.1 Å². The van der Waals surface area contributed by atoms with Crippen LogP contribution < -0.4 is 5.32 Å². The van der Waals surface area contributed by atoms with Crippen molar-refractivity contribution in [3.63, 3.8) is 0 Å². The molecule has 1 heterocycles. The standard InChI is InChI=1S/C17H13BrFNS/c18-14-6-7-17(16(19)9-14)20-10-15-8-13(11-21-15)12-4-2-1-3-5-12/h1-9,11,20H,10H2. The predicted octanol–water partition coefficient (Wildman–Crippen LogP) is 5.93. The highest BCUT2D eigenvalue weighted by molar-refractivity contribution is 9.10. The normalized spacial score (nSPS) is 10.6. The quantitative estimate of drug-likeness (QED) is 0.607. The summed E-state index contributed by atoms with van der Waals surface area (Å²) >= 11 is 4.93. The molecule has 0 radical (unpaired) electrons. The molecule has 1 nitrogen and oxygen atoms in total. The molecule has 0 aliphatic rings. The monoisotopic (exact) mass is 361 g/mol. The molecule has 0 unspecified atom stereocenters. The summed E-state index contributed by atoms with van der Waals surface area (Å²) < 4.78 is 14.5. The van der Waals surface area contributed by atoms with Crippen molar-refractivity contribution >= 4 is 33.0 Å². The number of thiophene rings is 1. The summed E-state index contributed by atoms with van der Waals surface area (Å²) in [6, 6.07) is 17.4. The van der Waals surface area contributed by atoms with Gasteiger partial charge in [-0.05, 0) is 40.8 Å². The molecule has 0 aliphatic heterocycles. The van der Waals surface area contributed by atoms with Crippen molar-refractivity contribution in [3.05, 3.63) is 75.1 Å². The van der Waals surface area contributed by atoms with Crippen molar-refractivity contribution in [2.75, 3.05) is 5.32 Å². The molecule has 21 heavy (non-hydrogen) atoms. The van der Waals surface area contributed by atoms with Crippen LogP contribution in [0.1, 0.15) is 4.88 Å². The number of nitrogens with one attached hydrogen (secondary N) is 1. The number of hydrogen-bond donors (Lipinski definition) is 1. The Hall–Kier alpha value is -1.65. The Morgan fingerprint density at radius 3 is 2.57 bits per heavy atom. The summed E-state index contributed by atoms with van der Waals surface area (Å²) in [7, 11) is 0. The molecule has 0 atom stereocenters. The number of benzene rings is 2.